The van der Waals surface area contributed by atoms with Gasteiger partial charge in [-0.1, -0.05) is 15.9 Å². The number of carbonyl (C=O) groups is 2. The van der Waals surface area contributed by atoms with Crippen LogP contribution in [0.3, 0.4) is 0 Å². The fraction of sp³-hybridized carbons (Fsp3) is 0.267. The Morgan fingerprint density at radius 2 is 1.79 bits per heavy atom. The number of benzene rings is 1. The Hall–Kier alpha value is -1.97. The Morgan fingerprint density at radius 3 is 2.50 bits per heavy atom. The lowest BCUT2D eigenvalue weighted by molar-refractivity contribution is 0.0844. The van der Waals surface area contributed by atoms with E-state index in [0.29, 0.717) is 18.8 Å². The molecule has 1 aliphatic rings. The number of aromatic nitrogens is 1. The monoisotopic (exact) mass is 410 g/mol. The van der Waals surface area contributed by atoms with E-state index in [2.05, 4.69) is 36.7 Å². The number of rotatable bonds is 3. The van der Waals surface area contributed by atoms with E-state index in [-0.39, 0.29) is 11.6 Å². The highest BCUT2D eigenvalue weighted by atomic mass is 79.9. The van der Waals surface area contributed by atoms with Gasteiger partial charge in [-0.3, -0.25) is 20.4 Å². The summed E-state index contributed by atoms with van der Waals surface area (Å²) < 4.78 is 6.17. The summed E-state index contributed by atoms with van der Waals surface area (Å²) in [6.45, 7) is 2.83. The Labute approximate surface area is 151 Å². The molecule has 3 rings (SSSR count). The molecule has 1 aliphatic heterocycles. The maximum Gasteiger partial charge on any atom is 0.289 e. The van der Waals surface area contributed by atoms with Crippen LogP contribution in [0.2, 0.25) is 0 Å². The van der Waals surface area contributed by atoms with Crippen molar-refractivity contribution in [2.75, 3.05) is 31.2 Å². The molecule has 24 heavy (non-hydrogen) atoms. The van der Waals surface area contributed by atoms with Crippen molar-refractivity contribution in [2.45, 2.75) is 0 Å². The minimum absolute atomic E-state index is 0.276. The van der Waals surface area contributed by atoms with Gasteiger partial charge in [0.25, 0.3) is 11.8 Å². The van der Waals surface area contributed by atoms with Crippen molar-refractivity contribution in [2.24, 2.45) is 0 Å². The zero-order valence-corrected chi connectivity index (χ0v) is 15.0. The van der Waals surface area contributed by atoms with Gasteiger partial charge in [0, 0.05) is 28.5 Å². The van der Waals surface area contributed by atoms with Gasteiger partial charge in [0.05, 0.1) is 13.2 Å². The molecule has 0 saturated carbocycles. The third-order valence-corrected chi connectivity index (χ3v) is 4.83. The van der Waals surface area contributed by atoms with E-state index in [4.69, 9.17) is 4.74 Å². The normalized spacial score (nSPS) is 14.3. The molecule has 2 N–H and O–H groups in total. The average Bonchev–Trinajstić information content (AvgIpc) is 3.11. The Morgan fingerprint density at radius 1 is 1.12 bits per heavy atom. The molecule has 2 aromatic rings. The summed E-state index contributed by atoms with van der Waals surface area (Å²) >= 11 is 4.70. The van der Waals surface area contributed by atoms with Gasteiger partial charge in [-0.05, 0) is 24.3 Å². The number of morpholine rings is 1. The van der Waals surface area contributed by atoms with E-state index in [0.717, 1.165) is 22.7 Å². The molecule has 1 aromatic carbocycles. The predicted octanol–water partition coefficient (Wildman–Crippen LogP) is 1.82. The first-order chi connectivity index (χ1) is 11.6. The number of ether oxygens (including phenoxy) is 1. The zero-order valence-electron chi connectivity index (χ0n) is 12.6. The van der Waals surface area contributed by atoms with Crippen molar-refractivity contribution in [3.8, 4) is 0 Å². The molecule has 0 spiro atoms. The largest absolute Gasteiger partial charge is 0.378 e. The SMILES string of the molecule is O=C(NNC(=O)c1csc(N2CCOCC2)n1)c1ccc(Br)cc1. The number of hydrogen-bond acceptors (Lipinski definition) is 6. The van der Waals surface area contributed by atoms with Gasteiger partial charge in [0.2, 0.25) is 0 Å². The third-order valence-electron chi connectivity index (χ3n) is 3.40. The van der Waals surface area contributed by atoms with Gasteiger partial charge in [-0.15, -0.1) is 11.3 Å². The van der Waals surface area contributed by atoms with Gasteiger partial charge in [-0.2, -0.15) is 0 Å². The van der Waals surface area contributed by atoms with Crippen LogP contribution >= 0.6 is 27.3 Å². The first-order valence-electron chi connectivity index (χ1n) is 7.28. The first-order valence-corrected chi connectivity index (χ1v) is 8.95. The lowest BCUT2D eigenvalue weighted by Crippen LogP contribution is -2.41. The molecule has 2 amide bonds. The molecule has 0 radical (unpaired) electrons. The van der Waals surface area contributed by atoms with E-state index in [1.165, 1.54) is 11.3 Å². The van der Waals surface area contributed by atoms with E-state index < -0.39 is 5.91 Å². The summed E-state index contributed by atoms with van der Waals surface area (Å²) in [5.41, 5.74) is 5.49. The van der Waals surface area contributed by atoms with E-state index in [1.807, 2.05) is 0 Å². The smallest absolute Gasteiger partial charge is 0.289 e. The molecular formula is C15H15BrN4O3S. The van der Waals surface area contributed by atoms with E-state index >= 15 is 0 Å². The van der Waals surface area contributed by atoms with Crippen LogP contribution in [-0.4, -0.2) is 43.1 Å². The number of thiazole rings is 1. The fourth-order valence-electron chi connectivity index (χ4n) is 2.12. The van der Waals surface area contributed by atoms with Crippen molar-refractivity contribution in [3.05, 3.63) is 45.4 Å². The molecule has 7 nitrogen and oxygen atoms in total. The minimum atomic E-state index is -0.448. The molecule has 9 heteroatoms. The van der Waals surface area contributed by atoms with E-state index in [1.54, 1.807) is 29.6 Å². The zero-order chi connectivity index (χ0) is 16.9. The van der Waals surface area contributed by atoms with Gasteiger partial charge in [0.15, 0.2) is 5.13 Å². The van der Waals surface area contributed by atoms with Crippen molar-refractivity contribution in [1.29, 1.82) is 0 Å². The predicted molar refractivity (Wildman–Crippen MR) is 94.2 cm³/mol. The van der Waals surface area contributed by atoms with Crippen LogP contribution in [-0.2, 0) is 4.74 Å². The van der Waals surface area contributed by atoms with Crippen molar-refractivity contribution in [1.82, 2.24) is 15.8 Å². The van der Waals surface area contributed by atoms with Gasteiger partial charge >= 0.3 is 0 Å². The maximum absolute atomic E-state index is 12.1. The Balaban J connectivity index is 1.56. The second kappa shape index (κ2) is 7.73. The standard InChI is InChI=1S/C15H15BrN4O3S/c16-11-3-1-10(2-4-11)13(21)18-19-14(22)12-9-24-15(17-12)20-5-7-23-8-6-20/h1-4,9H,5-8H2,(H,18,21)(H,19,22). The maximum atomic E-state index is 12.1. The van der Waals surface area contributed by atoms with Gasteiger partial charge in [-0.25, -0.2) is 4.98 Å². The van der Waals surface area contributed by atoms with Crippen molar-refractivity contribution < 1.29 is 14.3 Å². The molecule has 0 unspecified atom stereocenters. The number of nitrogens with one attached hydrogen (secondary N) is 2. The number of amides is 2. The summed E-state index contributed by atoms with van der Waals surface area (Å²) in [6.07, 6.45) is 0. The number of nitrogens with zero attached hydrogens (tertiary/aromatic N) is 2. The lowest BCUT2D eigenvalue weighted by Gasteiger charge is -2.25. The number of halogens is 1. The third kappa shape index (κ3) is 4.11. The topological polar surface area (TPSA) is 83.6 Å². The summed E-state index contributed by atoms with van der Waals surface area (Å²) in [5.74, 6) is -0.837. The summed E-state index contributed by atoms with van der Waals surface area (Å²) in [5, 5.41) is 2.45. The quantitative estimate of drug-likeness (QED) is 0.753. The molecule has 0 aliphatic carbocycles. The van der Waals surface area contributed by atoms with Crippen molar-refractivity contribution in [3.63, 3.8) is 0 Å². The van der Waals surface area contributed by atoms with Crippen LogP contribution in [0.4, 0.5) is 5.13 Å². The minimum Gasteiger partial charge on any atom is -0.378 e. The molecule has 0 atom stereocenters. The molecule has 2 heterocycles. The molecule has 126 valence electrons. The highest BCUT2D eigenvalue weighted by molar-refractivity contribution is 9.10. The first kappa shape index (κ1) is 16.9. The number of carbonyl (C=O) groups excluding carboxylic acids is 2. The second-order valence-electron chi connectivity index (χ2n) is 5.03. The van der Waals surface area contributed by atoms with Crippen LogP contribution in [0.25, 0.3) is 0 Å². The molecular weight excluding hydrogens is 396 g/mol. The van der Waals surface area contributed by atoms with Gasteiger partial charge < -0.3 is 9.64 Å². The molecule has 1 fully saturated rings. The van der Waals surface area contributed by atoms with Crippen LogP contribution < -0.4 is 15.8 Å². The number of hydrazine groups is 1. The van der Waals surface area contributed by atoms with Crippen LogP contribution in [0.5, 0.6) is 0 Å². The highest BCUT2D eigenvalue weighted by Gasteiger charge is 2.17. The highest BCUT2D eigenvalue weighted by Crippen LogP contribution is 2.21. The molecule has 1 saturated heterocycles. The summed E-state index contributed by atoms with van der Waals surface area (Å²) in [7, 11) is 0. The van der Waals surface area contributed by atoms with Crippen LogP contribution in [0.15, 0.2) is 34.1 Å². The number of anilines is 1. The molecule has 1 aromatic heterocycles. The average molecular weight is 411 g/mol. The van der Waals surface area contributed by atoms with Crippen molar-refractivity contribution >= 4 is 44.2 Å². The Bertz CT molecular complexity index is 729. The van der Waals surface area contributed by atoms with Crippen LogP contribution in [0, 0.1) is 0 Å². The molecule has 0 bridgehead atoms. The summed E-state index contributed by atoms with van der Waals surface area (Å²) in [6, 6.07) is 6.83. The fourth-order valence-corrected chi connectivity index (χ4v) is 3.24. The number of hydrogen-bond donors (Lipinski definition) is 2. The summed E-state index contributed by atoms with van der Waals surface area (Å²) in [4.78, 5) is 30.5. The van der Waals surface area contributed by atoms with Crippen LogP contribution in [0.1, 0.15) is 20.8 Å². The van der Waals surface area contributed by atoms with Gasteiger partial charge in [0.1, 0.15) is 5.69 Å². The van der Waals surface area contributed by atoms with E-state index in [9.17, 15) is 9.59 Å². The lowest BCUT2D eigenvalue weighted by atomic mass is 10.2. The Kier molecular flexibility index (Phi) is 5.44. The second-order valence-corrected chi connectivity index (χ2v) is 6.78.